The third-order valence-corrected chi connectivity index (χ3v) is 4.18. The zero-order valence-corrected chi connectivity index (χ0v) is 15.3. The summed E-state index contributed by atoms with van der Waals surface area (Å²) in [5.41, 5.74) is 2.50. The number of rotatable bonds is 7. The maximum absolute atomic E-state index is 12.9. The predicted octanol–water partition coefficient (Wildman–Crippen LogP) is 4.25. The Kier molecular flexibility index (Phi) is 5.58. The van der Waals surface area contributed by atoms with Gasteiger partial charge in [0.25, 0.3) is 5.91 Å². The molecule has 2 aromatic carbocycles. The molecule has 0 aliphatic rings. The highest BCUT2D eigenvalue weighted by atomic mass is 16.5. The van der Waals surface area contributed by atoms with Crippen LogP contribution in [-0.2, 0) is 17.9 Å². The molecule has 0 unspecified atom stereocenters. The van der Waals surface area contributed by atoms with E-state index < -0.39 is 0 Å². The molecular formula is C21H23NO4. The van der Waals surface area contributed by atoms with E-state index in [1.165, 1.54) is 0 Å². The van der Waals surface area contributed by atoms with Crippen molar-refractivity contribution >= 4 is 16.9 Å². The number of methoxy groups -OCH3 is 1. The number of hydrogen-bond donors (Lipinski definition) is 0. The third kappa shape index (κ3) is 3.73. The number of furan rings is 1. The van der Waals surface area contributed by atoms with Gasteiger partial charge in [0.1, 0.15) is 11.3 Å². The Morgan fingerprint density at radius 1 is 1.12 bits per heavy atom. The van der Waals surface area contributed by atoms with E-state index in [4.69, 9.17) is 13.9 Å². The number of carbonyl (C=O) groups is 1. The molecule has 1 heterocycles. The summed E-state index contributed by atoms with van der Waals surface area (Å²) in [5.74, 6) is 0.994. The first-order chi connectivity index (χ1) is 12.6. The van der Waals surface area contributed by atoms with Gasteiger partial charge in [0.15, 0.2) is 5.76 Å². The Bertz CT molecular complexity index is 883. The van der Waals surface area contributed by atoms with E-state index in [1.807, 2.05) is 55.5 Å². The second-order valence-electron chi connectivity index (χ2n) is 6.08. The fourth-order valence-electron chi connectivity index (χ4n) is 2.94. The standard InChI is InChI=1S/C21H23NO4/c1-4-25-16-11-9-15(10-12-16)13-22(2)21(23)20-18(14-24-3)17-7-5-6-8-19(17)26-20/h5-12H,4,13-14H2,1-3H3. The van der Waals surface area contributed by atoms with Crippen molar-refractivity contribution in [2.24, 2.45) is 0 Å². The molecule has 5 nitrogen and oxygen atoms in total. The van der Waals surface area contributed by atoms with Gasteiger partial charge in [0.2, 0.25) is 0 Å². The highest BCUT2D eigenvalue weighted by molar-refractivity contribution is 5.98. The molecular weight excluding hydrogens is 330 g/mol. The molecule has 0 radical (unpaired) electrons. The van der Waals surface area contributed by atoms with Gasteiger partial charge in [-0.3, -0.25) is 4.79 Å². The SMILES string of the molecule is CCOc1ccc(CN(C)C(=O)c2oc3ccccc3c2COC)cc1. The number of benzene rings is 2. The fourth-order valence-corrected chi connectivity index (χ4v) is 2.94. The molecule has 3 rings (SSSR count). The van der Waals surface area contributed by atoms with Crippen LogP contribution in [0.4, 0.5) is 0 Å². The lowest BCUT2D eigenvalue weighted by Crippen LogP contribution is -2.26. The molecule has 0 saturated heterocycles. The minimum Gasteiger partial charge on any atom is -0.494 e. The minimum absolute atomic E-state index is 0.165. The molecule has 0 aliphatic heterocycles. The summed E-state index contributed by atoms with van der Waals surface area (Å²) in [4.78, 5) is 14.6. The van der Waals surface area contributed by atoms with Gasteiger partial charge in [0, 0.05) is 31.7 Å². The highest BCUT2D eigenvalue weighted by Gasteiger charge is 2.23. The Labute approximate surface area is 153 Å². The number of fused-ring (bicyclic) bond motifs is 1. The van der Waals surface area contributed by atoms with E-state index in [2.05, 4.69) is 0 Å². The molecule has 26 heavy (non-hydrogen) atoms. The van der Waals surface area contributed by atoms with Crippen LogP contribution in [0.2, 0.25) is 0 Å². The van der Waals surface area contributed by atoms with Gasteiger partial charge in [-0.25, -0.2) is 0 Å². The molecule has 0 bridgehead atoms. The van der Waals surface area contributed by atoms with Crippen LogP contribution in [0.15, 0.2) is 52.9 Å². The number of para-hydroxylation sites is 1. The molecule has 0 spiro atoms. The molecule has 1 aromatic heterocycles. The first-order valence-corrected chi connectivity index (χ1v) is 8.60. The summed E-state index contributed by atoms with van der Waals surface area (Å²) < 4.78 is 16.6. The Balaban J connectivity index is 1.81. The van der Waals surface area contributed by atoms with Gasteiger partial charge in [-0.05, 0) is 30.7 Å². The van der Waals surface area contributed by atoms with Crippen molar-refractivity contribution in [1.29, 1.82) is 0 Å². The van der Waals surface area contributed by atoms with Crippen LogP contribution in [0.3, 0.4) is 0 Å². The van der Waals surface area contributed by atoms with E-state index in [0.29, 0.717) is 31.1 Å². The van der Waals surface area contributed by atoms with Gasteiger partial charge in [-0.2, -0.15) is 0 Å². The average molecular weight is 353 g/mol. The number of nitrogens with zero attached hydrogens (tertiary/aromatic N) is 1. The van der Waals surface area contributed by atoms with Crippen molar-refractivity contribution in [1.82, 2.24) is 4.90 Å². The quantitative estimate of drug-likeness (QED) is 0.637. The van der Waals surface area contributed by atoms with Crippen LogP contribution in [0.1, 0.15) is 28.6 Å². The summed E-state index contributed by atoms with van der Waals surface area (Å²) in [5, 5.41) is 0.909. The Morgan fingerprint density at radius 2 is 1.85 bits per heavy atom. The van der Waals surface area contributed by atoms with Crippen LogP contribution in [-0.4, -0.2) is 31.6 Å². The third-order valence-electron chi connectivity index (χ3n) is 4.18. The summed E-state index contributed by atoms with van der Waals surface area (Å²) >= 11 is 0. The van der Waals surface area contributed by atoms with E-state index >= 15 is 0 Å². The summed E-state index contributed by atoms with van der Waals surface area (Å²) in [6.07, 6.45) is 0. The lowest BCUT2D eigenvalue weighted by atomic mass is 10.1. The summed E-state index contributed by atoms with van der Waals surface area (Å²) in [6, 6.07) is 15.4. The minimum atomic E-state index is -0.165. The Morgan fingerprint density at radius 3 is 2.54 bits per heavy atom. The molecule has 0 atom stereocenters. The first-order valence-electron chi connectivity index (χ1n) is 8.60. The number of ether oxygens (including phenoxy) is 2. The maximum Gasteiger partial charge on any atom is 0.290 e. The van der Waals surface area contributed by atoms with Crippen LogP contribution < -0.4 is 4.74 Å². The van der Waals surface area contributed by atoms with Crippen molar-refractivity contribution in [3.05, 3.63) is 65.4 Å². The molecule has 0 fully saturated rings. The number of amides is 1. The smallest absolute Gasteiger partial charge is 0.290 e. The van der Waals surface area contributed by atoms with Crippen molar-refractivity contribution in [3.63, 3.8) is 0 Å². The van der Waals surface area contributed by atoms with Gasteiger partial charge in [0.05, 0.1) is 13.2 Å². The second kappa shape index (κ2) is 8.06. The second-order valence-corrected chi connectivity index (χ2v) is 6.08. The van der Waals surface area contributed by atoms with Crippen molar-refractivity contribution in [2.75, 3.05) is 20.8 Å². The monoisotopic (exact) mass is 353 g/mol. The Hall–Kier alpha value is -2.79. The largest absolute Gasteiger partial charge is 0.494 e. The van der Waals surface area contributed by atoms with Crippen LogP contribution >= 0.6 is 0 Å². The van der Waals surface area contributed by atoms with Gasteiger partial charge >= 0.3 is 0 Å². The molecule has 0 N–H and O–H groups in total. The van der Waals surface area contributed by atoms with Crippen LogP contribution in [0.25, 0.3) is 11.0 Å². The van der Waals surface area contributed by atoms with Gasteiger partial charge in [-0.15, -0.1) is 0 Å². The van der Waals surface area contributed by atoms with Crippen molar-refractivity contribution in [2.45, 2.75) is 20.1 Å². The maximum atomic E-state index is 12.9. The highest BCUT2D eigenvalue weighted by Crippen LogP contribution is 2.27. The molecule has 5 heteroatoms. The van der Waals surface area contributed by atoms with Crippen LogP contribution in [0, 0.1) is 0 Å². The number of carbonyl (C=O) groups excluding carboxylic acids is 1. The van der Waals surface area contributed by atoms with Crippen LogP contribution in [0.5, 0.6) is 5.75 Å². The molecule has 136 valence electrons. The molecule has 1 amide bonds. The van der Waals surface area contributed by atoms with E-state index in [-0.39, 0.29) is 5.91 Å². The van der Waals surface area contributed by atoms with Gasteiger partial charge < -0.3 is 18.8 Å². The zero-order chi connectivity index (χ0) is 18.5. The van der Waals surface area contributed by atoms with E-state index in [1.54, 1.807) is 19.1 Å². The van der Waals surface area contributed by atoms with E-state index in [9.17, 15) is 4.79 Å². The summed E-state index contributed by atoms with van der Waals surface area (Å²) in [6.45, 7) is 3.39. The fraction of sp³-hybridized carbons (Fsp3) is 0.286. The normalized spacial score (nSPS) is 10.9. The molecule has 0 saturated carbocycles. The molecule has 0 aliphatic carbocycles. The number of hydrogen-bond acceptors (Lipinski definition) is 4. The average Bonchev–Trinajstić information content (AvgIpc) is 3.02. The first kappa shape index (κ1) is 18.0. The lowest BCUT2D eigenvalue weighted by Gasteiger charge is -2.17. The zero-order valence-electron chi connectivity index (χ0n) is 15.3. The van der Waals surface area contributed by atoms with Crippen molar-refractivity contribution < 1.29 is 18.7 Å². The van der Waals surface area contributed by atoms with Crippen molar-refractivity contribution in [3.8, 4) is 5.75 Å². The molecule has 3 aromatic rings. The van der Waals surface area contributed by atoms with E-state index in [0.717, 1.165) is 22.3 Å². The topological polar surface area (TPSA) is 51.9 Å². The lowest BCUT2D eigenvalue weighted by molar-refractivity contribution is 0.0749. The van der Waals surface area contributed by atoms with Gasteiger partial charge in [-0.1, -0.05) is 30.3 Å². The predicted molar refractivity (Wildman–Crippen MR) is 100 cm³/mol. The summed E-state index contributed by atoms with van der Waals surface area (Å²) in [7, 11) is 3.38.